The average molecular weight is 310 g/mol. The van der Waals surface area contributed by atoms with Crippen LogP contribution in [0.1, 0.15) is 10.4 Å². The van der Waals surface area contributed by atoms with Crippen molar-refractivity contribution in [2.75, 3.05) is 6.54 Å². The number of rotatable bonds is 5. The molecule has 116 valence electrons. The van der Waals surface area contributed by atoms with Gasteiger partial charge in [0.15, 0.2) is 5.82 Å². The predicted molar refractivity (Wildman–Crippen MR) is 84.2 cm³/mol. The second kappa shape index (κ2) is 6.83. The maximum Gasteiger partial charge on any atom is 0.254 e. The minimum absolute atomic E-state index is 0.0445. The number of carbonyl (C=O) groups is 1. The number of carbonyl (C=O) groups excluding carboxylic acids is 1. The number of hydrogen-bond donors (Lipinski definition) is 1. The summed E-state index contributed by atoms with van der Waals surface area (Å²) in [4.78, 5) is 20.5. The van der Waals surface area contributed by atoms with Crippen LogP contribution in [-0.4, -0.2) is 27.0 Å². The Morgan fingerprint density at radius 3 is 2.70 bits per heavy atom. The zero-order chi connectivity index (χ0) is 16.1. The maximum absolute atomic E-state index is 13.5. The molecule has 6 heteroatoms. The Labute approximate surface area is 132 Å². The maximum atomic E-state index is 13.5. The largest absolute Gasteiger partial charge is 0.350 e. The van der Waals surface area contributed by atoms with Gasteiger partial charge in [0.05, 0.1) is 5.56 Å². The molecule has 0 saturated carbocycles. The Morgan fingerprint density at radius 2 is 1.91 bits per heavy atom. The van der Waals surface area contributed by atoms with Gasteiger partial charge in [-0.3, -0.25) is 9.78 Å². The summed E-state index contributed by atoms with van der Waals surface area (Å²) in [5.74, 6) is -0.227. The highest BCUT2D eigenvalue weighted by Gasteiger charge is 2.11. The van der Waals surface area contributed by atoms with Crippen LogP contribution in [0.15, 0.2) is 61.1 Å². The van der Waals surface area contributed by atoms with Gasteiger partial charge < -0.3 is 9.88 Å². The van der Waals surface area contributed by atoms with Crippen molar-refractivity contribution < 1.29 is 9.18 Å². The molecule has 0 bridgehead atoms. The summed E-state index contributed by atoms with van der Waals surface area (Å²) in [6.45, 7) is 0.884. The first-order valence-electron chi connectivity index (χ1n) is 7.21. The lowest BCUT2D eigenvalue weighted by Gasteiger charge is -2.09. The van der Waals surface area contributed by atoms with Crippen LogP contribution >= 0.6 is 0 Å². The van der Waals surface area contributed by atoms with E-state index in [2.05, 4.69) is 15.3 Å². The number of hydrogen-bond acceptors (Lipinski definition) is 3. The van der Waals surface area contributed by atoms with Crippen molar-refractivity contribution in [3.05, 3.63) is 72.4 Å². The molecule has 0 unspecified atom stereocenters. The third-order valence-corrected chi connectivity index (χ3v) is 3.37. The highest BCUT2D eigenvalue weighted by Crippen LogP contribution is 2.13. The van der Waals surface area contributed by atoms with Gasteiger partial charge in [-0.05, 0) is 24.3 Å². The van der Waals surface area contributed by atoms with E-state index in [4.69, 9.17) is 0 Å². The topological polar surface area (TPSA) is 59.8 Å². The van der Waals surface area contributed by atoms with E-state index in [1.165, 1.54) is 12.1 Å². The molecule has 1 aromatic carbocycles. The standard InChI is InChI=1S/C17H15FN4O/c18-14-6-2-1-5-13(14)17(23)21-10-12-22-11-9-20-16(22)15-7-3-4-8-19-15/h1-9,11H,10,12H2,(H,21,23). The van der Waals surface area contributed by atoms with Crippen LogP contribution in [-0.2, 0) is 6.54 Å². The highest BCUT2D eigenvalue weighted by atomic mass is 19.1. The fourth-order valence-electron chi connectivity index (χ4n) is 2.25. The molecule has 3 aromatic rings. The van der Waals surface area contributed by atoms with Crippen LogP contribution < -0.4 is 5.32 Å². The molecule has 5 nitrogen and oxygen atoms in total. The number of halogens is 1. The molecule has 23 heavy (non-hydrogen) atoms. The molecule has 0 aliphatic heterocycles. The van der Waals surface area contributed by atoms with Crippen LogP contribution in [0.4, 0.5) is 4.39 Å². The van der Waals surface area contributed by atoms with E-state index in [-0.39, 0.29) is 5.56 Å². The van der Waals surface area contributed by atoms with Gasteiger partial charge in [0, 0.05) is 31.7 Å². The number of nitrogens with zero attached hydrogens (tertiary/aromatic N) is 3. The molecule has 0 aliphatic rings. The Morgan fingerprint density at radius 1 is 1.09 bits per heavy atom. The third-order valence-electron chi connectivity index (χ3n) is 3.37. The average Bonchev–Trinajstić information content (AvgIpc) is 3.04. The minimum atomic E-state index is -0.526. The lowest BCUT2D eigenvalue weighted by molar-refractivity contribution is 0.0948. The molecule has 0 aliphatic carbocycles. The van der Waals surface area contributed by atoms with E-state index in [0.717, 1.165) is 11.5 Å². The normalized spacial score (nSPS) is 10.5. The van der Waals surface area contributed by atoms with E-state index in [1.807, 2.05) is 29.0 Å². The summed E-state index contributed by atoms with van der Waals surface area (Å²) in [5, 5.41) is 2.71. The van der Waals surface area contributed by atoms with Crippen molar-refractivity contribution in [1.29, 1.82) is 0 Å². The molecule has 0 spiro atoms. The fourth-order valence-corrected chi connectivity index (χ4v) is 2.25. The quantitative estimate of drug-likeness (QED) is 0.788. The summed E-state index contributed by atoms with van der Waals surface area (Å²) in [7, 11) is 0. The predicted octanol–water partition coefficient (Wildman–Crippen LogP) is 2.51. The number of pyridine rings is 1. The summed E-state index contributed by atoms with van der Waals surface area (Å²) in [6.07, 6.45) is 5.20. The Balaban J connectivity index is 1.63. The molecule has 2 aromatic heterocycles. The first-order valence-corrected chi connectivity index (χ1v) is 7.21. The number of benzene rings is 1. The molecule has 1 N–H and O–H groups in total. The van der Waals surface area contributed by atoms with Gasteiger partial charge in [-0.15, -0.1) is 0 Å². The number of amides is 1. The monoisotopic (exact) mass is 310 g/mol. The molecule has 0 radical (unpaired) electrons. The molecular formula is C17H15FN4O. The molecule has 1 amide bonds. The van der Waals surface area contributed by atoms with Gasteiger partial charge in [-0.25, -0.2) is 9.37 Å². The number of aromatic nitrogens is 3. The van der Waals surface area contributed by atoms with Gasteiger partial charge in [0.2, 0.25) is 0 Å². The first kappa shape index (κ1) is 14.9. The smallest absolute Gasteiger partial charge is 0.254 e. The summed E-state index contributed by atoms with van der Waals surface area (Å²) < 4.78 is 15.4. The van der Waals surface area contributed by atoms with Crippen LogP contribution in [0.25, 0.3) is 11.5 Å². The Kier molecular flexibility index (Phi) is 4.42. The minimum Gasteiger partial charge on any atom is -0.350 e. The van der Waals surface area contributed by atoms with Crippen molar-refractivity contribution in [3.8, 4) is 11.5 Å². The first-order chi connectivity index (χ1) is 11.3. The van der Waals surface area contributed by atoms with Crippen molar-refractivity contribution >= 4 is 5.91 Å². The third kappa shape index (κ3) is 3.42. The van der Waals surface area contributed by atoms with Crippen molar-refractivity contribution in [2.24, 2.45) is 0 Å². The molecule has 3 rings (SSSR count). The second-order valence-electron chi connectivity index (χ2n) is 4.89. The molecule has 0 atom stereocenters. The van der Waals surface area contributed by atoms with Crippen LogP contribution in [0, 0.1) is 5.82 Å². The molecule has 0 fully saturated rings. The van der Waals surface area contributed by atoms with E-state index < -0.39 is 11.7 Å². The van der Waals surface area contributed by atoms with Gasteiger partial charge in [-0.2, -0.15) is 0 Å². The van der Waals surface area contributed by atoms with E-state index >= 15 is 0 Å². The summed E-state index contributed by atoms with van der Waals surface area (Å²) in [5.41, 5.74) is 0.806. The molecule has 0 saturated heterocycles. The van der Waals surface area contributed by atoms with E-state index in [0.29, 0.717) is 13.1 Å². The number of nitrogens with one attached hydrogen (secondary N) is 1. The van der Waals surface area contributed by atoms with Crippen LogP contribution in [0.5, 0.6) is 0 Å². The second-order valence-corrected chi connectivity index (χ2v) is 4.89. The highest BCUT2D eigenvalue weighted by molar-refractivity contribution is 5.94. The summed E-state index contributed by atoms with van der Waals surface area (Å²) in [6, 6.07) is 11.5. The molecule has 2 heterocycles. The van der Waals surface area contributed by atoms with Crippen molar-refractivity contribution in [2.45, 2.75) is 6.54 Å². The van der Waals surface area contributed by atoms with Crippen LogP contribution in [0.3, 0.4) is 0 Å². The van der Waals surface area contributed by atoms with E-state index in [1.54, 1.807) is 24.5 Å². The zero-order valence-corrected chi connectivity index (χ0v) is 12.3. The van der Waals surface area contributed by atoms with E-state index in [9.17, 15) is 9.18 Å². The van der Waals surface area contributed by atoms with Gasteiger partial charge >= 0.3 is 0 Å². The van der Waals surface area contributed by atoms with Crippen molar-refractivity contribution in [1.82, 2.24) is 19.9 Å². The zero-order valence-electron chi connectivity index (χ0n) is 12.3. The molecular weight excluding hydrogens is 295 g/mol. The van der Waals surface area contributed by atoms with Crippen molar-refractivity contribution in [3.63, 3.8) is 0 Å². The number of imidazole rings is 1. The lowest BCUT2D eigenvalue weighted by Crippen LogP contribution is -2.28. The summed E-state index contributed by atoms with van der Waals surface area (Å²) >= 11 is 0. The van der Waals surface area contributed by atoms with Crippen LogP contribution in [0.2, 0.25) is 0 Å². The van der Waals surface area contributed by atoms with Gasteiger partial charge in [0.25, 0.3) is 5.91 Å². The Hall–Kier alpha value is -3.02. The van der Waals surface area contributed by atoms with Gasteiger partial charge in [-0.1, -0.05) is 18.2 Å². The lowest BCUT2D eigenvalue weighted by atomic mass is 10.2. The Bertz CT molecular complexity index is 801. The SMILES string of the molecule is O=C(NCCn1ccnc1-c1ccccn1)c1ccccc1F. The van der Waals surface area contributed by atoms with Gasteiger partial charge in [0.1, 0.15) is 11.5 Å². The fraction of sp³-hybridized carbons (Fsp3) is 0.118.